The van der Waals surface area contributed by atoms with Gasteiger partial charge >= 0.3 is 10.1 Å². The van der Waals surface area contributed by atoms with Crippen molar-refractivity contribution < 1.29 is 22.1 Å². The maximum Gasteiger partial charge on any atom is 0.339 e. The number of para-hydroxylation sites is 1. The van der Waals surface area contributed by atoms with Crippen molar-refractivity contribution in [3.63, 3.8) is 0 Å². The quantitative estimate of drug-likeness (QED) is 0.814. The first-order valence-electron chi connectivity index (χ1n) is 6.88. The van der Waals surface area contributed by atoms with Crippen LogP contribution < -0.4 is 13.7 Å². The molecule has 0 radical (unpaired) electrons. The molecule has 0 spiro atoms. The molecular formula is C16H16O5S. The minimum atomic E-state index is -3.93. The fourth-order valence-corrected chi connectivity index (χ4v) is 3.33. The van der Waals surface area contributed by atoms with Gasteiger partial charge < -0.3 is 13.7 Å². The highest BCUT2D eigenvalue weighted by Crippen LogP contribution is 2.33. The Morgan fingerprint density at radius 3 is 2.27 bits per heavy atom. The maximum absolute atomic E-state index is 12.5. The molecule has 1 aliphatic heterocycles. The molecule has 0 bridgehead atoms. The van der Waals surface area contributed by atoms with Gasteiger partial charge in [0.25, 0.3) is 0 Å². The number of benzene rings is 2. The van der Waals surface area contributed by atoms with Crippen molar-refractivity contribution in [3.8, 4) is 17.2 Å². The highest BCUT2D eigenvalue weighted by Gasteiger charge is 2.22. The van der Waals surface area contributed by atoms with Gasteiger partial charge in [0.2, 0.25) is 0 Å². The van der Waals surface area contributed by atoms with Crippen molar-refractivity contribution in [2.45, 2.75) is 18.7 Å². The lowest BCUT2D eigenvalue weighted by molar-refractivity contribution is 0.171. The minimum Gasteiger partial charge on any atom is -0.486 e. The summed E-state index contributed by atoms with van der Waals surface area (Å²) in [6.07, 6.45) is 0. The number of fused-ring (bicyclic) bond motifs is 1. The highest BCUT2D eigenvalue weighted by atomic mass is 32.2. The van der Waals surface area contributed by atoms with Crippen LogP contribution in [0.2, 0.25) is 0 Å². The van der Waals surface area contributed by atoms with Crippen LogP contribution in [0.3, 0.4) is 0 Å². The zero-order chi connectivity index (χ0) is 15.7. The first kappa shape index (κ1) is 14.7. The summed E-state index contributed by atoms with van der Waals surface area (Å²) in [7, 11) is -3.93. The van der Waals surface area contributed by atoms with E-state index in [1.165, 1.54) is 12.1 Å². The minimum absolute atomic E-state index is 0.0411. The molecule has 5 nitrogen and oxygen atoms in total. The molecule has 2 aromatic carbocycles. The van der Waals surface area contributed by atoms with Gasteiger partial charge in [-0.2, -0.15) is 8.42 Å². The van der Waals surface area contributed by atoms with Gasteiger partial charge in [-0.05, 0) is 37.1 Å². The smallest absolute Gasteiger partial charge is 0.339 e. The molecule has 116 valence electrons. The van der Waals surface area contributed by atoms with E-state index >= 15 is 0 Å². The van der Waals surface area contributed by atoms with Gasteiger partial charge in [-0.25, -0.2) is 0 Å². The monoisotopic (exact) mass is 320 g/mol. The first-order chi connectivity index (χ1) is 10.5. The van der Waals surface area contributed by atoms with Crippen LogP contribution in [0.1, 0.15) is 11.1 Å². The van der Waals surface area contributed by atoms with Crippen LogP contribution in [0.5, 0.6) is 17.2 Å². The lowest BCUT2D eigenvalue weighted by Crippen LogP contribution is -2.17. The van der Waals surface area contributed by atoms with E-state index in [4.69, 9.17) is 13.7 Å². The van der Waals surface area contributed by atoms with Crippen LogP contribution >= 0.6 is 0 Å². The second kappa shape index (κ2) is 5.53. The number of rotatable bonds is 3. The molecule has 22 heavy (non-hydrogen) atoms. The van der Waals surface area contributed by atoms with E-state index in [0.29, 0.717) is 30.5 Å². The number of ether oxygens (including phenoxy) is 2. The predicted molar refractivity (Wildman–Crippen MR) is 81.2 cm³/mol. The molecule has 1 heterocycles. The Balaban J connectivity index is 1.96. The van der Waals surface area contributed by atoms with Crippen LogP contribution in [-0.4, -0.2) is 21.6 Å². The lowest BCUT2D eigenvalue weighted by Gasteiger charge is -2.19. The average molecular weight is 320 g/mol. The Kier molecular flexibility index (Phi) is 3.70. The molecule has 1 aliphatic rings. The third-order valence-corrected chi connectivity index (χ3v) is 4.62. The standard InChI is InChI=1S/C16H16O5S/c1-11-4-3-5-12(2)16(11)21-22(17,18)13-6-7-14-15(10-13)20-9-8-19-14/h3-7,10H,8-9H2,1-2H3. The molecule has 0 N–H and O–H groups in total. The molecule has 3 rings (SSSR count). The van der Waals surface area contributed by atoms with E-state index in [-0.39, 0.29) is 4.90 Å². The lowest BCUT2D eigenvalue weighted by atomic mass is 10.1. The summed E-state index contributed by atoms with van der Waals surface area (Å²) in [6.45, 7) is 4.47. The van der Waals surface area contributed by atoms with E-state index in [2.05, 4.69) is 0 Å². The zero-order valence-corrected chi connectivity index (χ0v) is 13.1. The van der Waals surface area contributed by atoms with E-state index in [0.717, 1.165) is 11.1 Å². The van der Waals surface area contributed by atoms with Gasteiger partial charge in [0.15, 0.2) is 11.5 Å². The number of hydrogen-bond acceptors (Lipinski definition) is 5. The van der Waals surface area contributed by atoms with Crippen molar-refractivity contribution in [1.82, 2.24) is 0 Å². The fraction of sp³-hybridized carbons (Fsp3) is 0.250. The van der Waals surface area contributed by atoms with Gasteiger partial charge in [0.1, 0.15) is 23.9 Å². The van der Waals surface area contributed by atoms with Crippen LogP contribution in [0, 0.1) is 13.8 Å². The summed E-state index contributed by atoms with van der Waals surface area (Å²) >= 11 is 0. The second-order valence-corrected chi connectivity index (χ2v) is 6.61. The molecule has 0 fully saturated rings. The van der Waals surface area contributed by atoms with E-state index in [1.807, 2.05) is 32.0 Å². The van der Waals surface area contributed by atoms with Crippen molar-refractivity contribution in [2.24, 2.45) is 0 Å². The Hall–Kier alpha value is -2.21. The van der Waals surface area contributed by atoms with Crippen LogP contribution in [0.15, 0.2) is 41.3 Å². The second-order valence-electron chi connectivity index (χ2n) is 5.06. The van der Waals surface area contributed by atoms with Crippen molar-refractivity contribution in [3.05, 3.63) is 47.5 Å². The Bertz CT molecular complexity index is 791. The SMILES string of the molecule is Cc1cccc(C)c1OS(=O)(=O)c1ccc2c(c1)OCCO2. The number of hydrogen-bond donors (Lipinski definition) is 0. The molecule has 2 aromatic rings. The summed E-state index contributed by atoms with van der Waals surface area (Å²) in [4.78, 5) is 0.0411. The zero-order valence-electron chi connectivity index (χ0n) is 12.3. The fourth-order valence-electron chi connectivity index (χ4n) is 2.27. The third kappa shape index (κ3) is 2.74. The van der Waals surface area contributed by atoms with E-state index in [1.54, 1.807) is 6.07 Å². The Morgan fingerprint density at radius 2 is 1.59 bits per heavy atom. The largest absolute Gasteiger partial charge is 0.486 e. The van der Waals surface area contributed by atoms with Crippen LogP contribution in [0.25, 0.3) is 0 Å². The summed E-state index contributed by atoms with van der Waals surface area (Å²) < 4.78 is 41.1. The summed E-state index contributed by atoms with van der Waals surface area (Å²) in [6, 6.07) is 9.93. The molecule has 6 heteroatoms. The molecule has 0 unspecified atom stereocenters. The summed E-state index contributed by atoms with van der Waals surface area (Å²) in [5, 5.41) is 0. The van der Waals surface area contributed by atoms with Gasteiger partial charge in [-0.15, -0.1) is 0 Å². The predicted octanol–water partition coefficient (Wildman–Crippen LogP) is 2.84. The molecule has 0 saturated heterocycles. The third-order valence-electron chi connectivity index (χ3n) is 3.40. The maximum atomic E-state index is 12.5. The van der Waals surface area contributed by atoms with Crippen molar-refractivity contribution >= 4 is 10.1 Å². The molecular weight excluding hydrogens is 304 g/mol. The Labute approximate surface area is 129 Å². The first-order valence-corrected chi connectivity index (χ1v) is 8.28. The molecule has 0 saturated carbocycles. The molecule has 0 amide bonds. The van der Waals surface area contributed by atoms with Gasteiger partial charge in [-0.3, -0.25) is 0 Å². The van der Waals surface area contributed by atoms with Gasteiger partial charge in [0.05, 0.1) is 0 Å². The van der Waals surface area contributed by atoms with Crippen LogP contribution in [-0.2, 0) is 10.1 Å². The summed E-state index contributed by atoms with van der Waals surface area (Å²) in [5.74, 6) is 1.31. The average Bonchev–Trinajstić information content (AvgIpc) is 2.50. The van der Waals surface area contributed by atoms with Crippen molar-refractivity contribution in [1.29, 1.82) is 0 Å². The van der Waals surface area contributed by atoms with E-state index in [9.17, 15) is 8.42 Å². The highest BCUT2D eigenvalue weighted by molar-refractivity contribution is 7.87. The Morgan fingerprint density at radius 1 is 0.955 bits per heavy atom. The van der Waals surface area contributed by atoms with E-state index < -0.39 is 10.1 Å². The topological polar surface area (TPSA) is 61.8 Å². The summed E-state index contributed by atoms with van der Waals surface area (Å²) in [5.41, 5.74) is 1.53. The van der Waals surface area contributed by atoms with Gasteiger partial charge in [0, 0.05) is 6.07 Å². The van der Waals surface area contributed by atoms with Crippen LogP contribution in [0.4, 0.5) is 0 Å². The molecule has 0 atom stereocenters. The number of aryl methyl sites for hydroxylation is 2. The molecule has 0 aromatic heterocycles. The van der Waals surface area contributed by atoms with Crippen molar-refractivity contribution in [2.75, 3.05) is 13.2 Å². The van der Waals surface area contributed by atoms with Gasteiger partial charge in [-0.1, -0.05) is 18.2 Å². The molecule has 0 aliphatic carbocycles. The normalized spacial score (nSPS) is 13.7.